The van der Waals surface area contributed by atoms with Crippen LogP contribution in [0.3, 0.4) is 0 Å². The van der Waals surface area contributed by atoms with Crippen LogP contribution in [0.5, 0.6) is 0 Å². The predicted octanol–water partition coefficient (Wildman–Crippen LogP) is 8.27. The molecule has 0 aromatic heterocycles. The van der Waals surface area contributed by atoms with Crippen molar-refractivity contribution in [3.05, 3.63) is 118 Å². The Labute approximate surface area is 196 Å². The zero-order chi connectivity index (χ0) is 24.3. The molecule has 0 amide bonds. The Kier molecular flexibility index (Phi) is 7.01. The fourth-order valence-electron chi connectivity index (χ4n) is 4.17. The molecule has 0 saturated heterocycles. The van der Waals surface area contributed by atoms with Gasteiger partial charge in [0.05, 0.1) is 5.56 Å². The van der Waals surface area contributed by atoms with Crippen molar-refractivity contribution < 1.29 is 22.0 Å². The van der Waals surface area contributed by atoms with Crippen LogP contribution in [-0.4, -0.2) is 0 Å². The molecule has 0 spiro atoms. The van der Waals surface area contributed by atoms with Crippen LogP contribution in [0.25, 0.3) is 10.8 Å². The Bertz CT molecular complexity index is 1290. The Hall–Kier alpha value is -3.21. The van der Waals surface area contributed by atoms with Crippen molar-refractivity contribution in [2.24, 2.45) is 0 Å². The maximum Gasteiger partial charge on any atom is 0.416 e. The van der Waals surface area contributed by atoms with Gasteiger partial charge in [0, 0.05) is 5.39 Å². The van der Waals surface area contributed by atoms with Gasteiger partial charge in [0.2, 0.25) is 0 Å². The van der Waals surface area contributed by atoms with Crippen molar-refractivity contribution >= 4 is 10.8 Å². The van der Waals surface area contributed by atoms with Crippen LogP contribution >= 0.6 is 0 Å². The number of rotatable bonds is 7. The average molecular weight is 469 g/mol. The zero-order valence-electron chi connectivity index (χ0n) is 18.9. The summed E-state index contributed by atoms with van der Waals surface area (Å²) < 4.78 is 67.5. The second kappa shape index (κ2) is 9.96. The van der Waals surface area contributed by atoms with Gasteiger partial charge >= 0.3 is 6.18 Å². The minimum atomic E-state index is -4.37. The second-order valence-electron chi connectivity index (χ2n) is 8.57. The molecule has 0 heterocycles. The summed E-state index contributed by atoms with van der Waals surface area (Å²) in [6, 6.07) is 19.5. The standard InChI is InChI=1S/C29H25F5/c1-2-19-3-9-22(27(30)18-19)10-5-21-8-16-26-24(17-21)13-12-23(28(26)31)11-4-20-6-14-25(15-7-20)29(32,33)34/h3,6-9,12-18H,2,4-5,10-11H2,1H3. The minimum absolute atomic E-state index is 0.191. The van der Waals surface area contributed by atoms with Crippen LogP contribution in [0.15, 0.2) is 72.8 Å². The maximum absolute atomic E-state index is 15.1. The van der Waals surface area contributed by atoms with Gasteiger partial charge < -0.3 is 0 Å². The van der Waals surface area contributed by atoms with Crippen LogP contribution in [-0.2, 0) is 38.3 Å². The van der Waals surface area contributed by atoms with E-state index >= 15 is 4.39 Å². The van der Waals surface area contributed by atoms with E-state index in [1.165, 1.54) is 12.1 Å². The van der Waals surface area contributed by atoms with E-state index in [1.807, 2.05) is 37.3 Å². The van der Waals surface area contributed by atoms with Gasteiger partial charge in [-0.25, -0.2) is 8.78 Å². The van der Waals surface area contributed by atoms with E-state index in [4.69, 9.17) is 0 Å². The number of hydrogen-bond acceptors (Lipinski definition) is 0. The van der Waals surface area contributed by atoms with Crippen molar-refractivity contribution in [1.82, 2.24) is 0 Å². The van der Waals surface area contributed by atoms with E-state index < -0.39 is 11.7 Å². The molecule has 0 N–H and O–H groups in total. The maximum atomic E-state index is 15.1. The Balaban J connectivity index is 1.44. The number of benzene rings is 4. The molecule has 0 atom stereocenters. The SMILES string of the molecule is CCc1ccc(CCc2ccc3c(F)c(CCc4ccc(C(F)(F)F)cc4)ccc3c2)c(F)c1. The van der Waals surface area contributed by atoms with E-state index in [2.05, 4.69) is 0 Å². The molecule has 0 fully saturated rings. The van der Waals surface area contributed by atoms with Gasteiger partial charge in [0.15, 0.2) is 0 Å². The van der Waals surface area contributed by atoms with Crippen molar-refractivity contribution in [3.8, 4) is 0 Å². The van der Waals surface area contributed by atoms with E-state index in [0.717, 1.165) is 40.6 Å². The van der Waals surface area contributed by atoms with Gasteiger partial charge in [-0.3, -0.25) is 0 Å². The van der Waals surface area contributed by atoms with Crippen LogP contribution in [0.2, 0.25) is 0 Å². The summed E-state index contributed by atoms with van der Waals surface area (Å²) >= 11 is 0. The number of halogens is 5. The first-order valence-corrected chi connectivity index (χ1v) is 11.4. The first-order valence-electron chi connectivity index (χ1n) is 11.4. The molecule has 4 rings (SSSR count). The summed E-state index contributed by atoms with van der Waals surface area (Å²) in [5.74, 6) is -0.499. The van der Waals surface area contributed by atoms with Gasteiger partial charge in [-0.05, 0) is 83.5 Å². The van der Waals surface area contributed by atoms with E-state index in [1.54, 1.807) is 18.2 Å². The van der Waals surface area contributed by atoms with Gasteiger partial charge in [0.1, 0.15) is 11.6 Å². The molecule has 5 heteroatoms. The van der Waals surface area contributed by atoms with E-state index in [9.17, 15) is 17.6 Å². The van der Waals surface area contributed by atoms with Gasteiger partial charge in [-0.2, -0.15) is 13.2 Å². The molecular formula is C29H25F5. The van der Waals surface area contributed by atoms with Gasteiger partial charge in [-0.1, -0.05) is 61.5 Å². The highest BCUT2D eigenvalue weighted by atomic mass is 19.4. The first-order chi connectivity index (χ1) is 16.2. The fraction of sp³-hybridized carbons (Fsp3) is 0.241. The summed E-state index contributed by atoms with van der Waals surface area (Å²) in [6.45, 7) is 1.99. The quantitative estimate of drug-likeness (QED) is 0.240. The Morgan fingerprint density at radius 3 is 1.91 bits per heavy atom. The smallest absolute Gasteiger partial charge is 0.207 e. The molecule has 0 aliphatic heterocycles. The summed E-state index contributed by atoms with van der Waals surface area (Å²) in [4.78, 5) is 0. The van der Waals surface area contributed by atoms with Gasteiger partial charge in [0.25, 0.3) is 0 Å². The lowest BCUT2D eigenvalue weighted by atomic mass is 9.97. The monoisotopic (exact) mass is 468 g/mol. The highest BCUT2D eigenvalue weighted by molar-refractivity contribution is 5.84. The first kappa shape index (κ1) is 23.9. The molecule has 0 saturated carbocycles. The zero-order valence-corrected chi connectivity index (χ0v) is 18.9. The lowest BCUT2D eigenvalue weighted by Gasteiger charge is -2.10. The fourth-order valence-corrected chi connectivity index (χ4v) is 4.17. The topological polar surface area (TPSA) is 0 Å². The summed E-state index contributed by atoms with van der Waals surface area (Å²) in [6.07, 6.45) is -1.52. The molecule has 0 nitrogen and oxygen atoms in total. The Morgan fingerprint density at radius 2 is 1.24 bits per heavy atom. The van der Waals surface area contributed by atoms with Gasteiger partial charge in [-0.15, -0.1) is 0 Å². The van der Waals surface area contributed by atoms with Crippen molar-refractivity contribution in [2.45, 2.75) is 45.2 Å². The largest absolute Gasteiger partial charge is 0.416 e. The molecule has 176 valence electrons. The van der Waals surface area contributed by atoms with Crippen molar-refractivity contribution in [2.75, 3.05) is 0 Å². The van der Waals surface area contributed by atoms with Crippen molar-refractivity contribution in [3.63, 3.8) is 0 Å². The molecule has 0 radical (unpaired) electrons. The number of aryl methyl sites for hydroxylation is 5. The lowest BCUT2D eigenvalue weighted by Crippen LogP contribution is -2.04. The van der Waals surface area contributed by atoms with Crippen LogP contribution in [0.4, 0.5) is 22.0 Å². The summed E-state index contributed by atoms with van der Waals surface area (Å²) in [5.41, 5.74) is 3.20. The summed E-state index contributed by atoms with van der Waals surface area (Å²) in [5, 5.41) is 1.28. The third-order valence-corrected chi connectivity index (χ3v) is 6.27. The average Bonchev–Trinajstić information content (AvgIpc) is 2.82. The number of fused-ring (bicyclic) bond motifs is 1. The molecule has 4 aromatic carbocycles. The van der Waals surface area contributed by atoms with Crippen LogP contribution < -0.4 is 0 Å². The normalized spacial score (nSPS) is 11.8. The highest BCUT2D eigenvalue weighted by Crippen LogP contribution is 2.29. The molecule has 4 aromatic rings. The van der Waals surface area contributed by atoms with Crippen molar-refractivity contribution in [1.29, 1.82) is 0 Å². The van der Waals surface area contributed by atoms with Crippen LogP contribution in [0, 0.1) is 11.6 Å². The molecule has 0 unspecified atom stereocenters. The molecule has 0 aliphatic carbocycles. The molecule has 0 bridgehead atoms. The lowest BCUT2D eigenvalue weighted by molar-refractivity contribution is -0.137. The minimum Gasteiger partial charge on any atom is -0.207 e. The van der Waals surface area contributed by atoms with E-state index in [0.29, 0.717) is 42.2 Å². The molecule has 0 aliphatic rings. The summed E-state index contributed by atoms with van der Waals surface area (Å²) in [7, 11) is 0. The third kappa shape index (κ3) is 5.46. The molecular weight excluding hydrogens is 443 g/mol. The van der Waals surface area contributed by atoms with Crippen LogP contribution in [0.1, 0.15) is 40.3 Å². The van der Waals surface area contributed by atoms with E-state index in [-0.39, 0.29) is 11.6 Å². The Morgan fingerprint density at radius 1 is 0.618 bits per heavy atom. The third-order valence-electron chi connectivity index (χ3n) is 6.27. The number of alkyl halides is 3. The number of hydrogen-bond donors (Lipinski definition) is 0. The predicted molar refractivity (Wildman–Crippen MR) is 126 cm³/mol. The molecule has 34 heavy (non-hydrogen) atoms. The second-order valence-corrected chi connectivity index (χ2v) is 8.57. The highest BCUT2D eigenvalue weighted by Gasteiger charge is 2.29.